The maximum atomic E-state index is 4.99. The van der Waals surface area contributed by atoms with Crippen molar-refractivity contribution in [2.24, 2.45) is 5.92 Å². The summed E-state index contributed by atoms with van der Waals surface area (Å²) in [6.45, 7) is 10.8. The Balaban J connectivity index is 1.24. The highest BCUT2D eigenvalue weighted by atomic mass is 15.3. The molecule has 0 spiro atoms. The molecule has 2 fully saturated rings. The van der Waals surface area contributed by atoms with Gasteiger partial charge in [0.2, 0.25) is 0 Å². The molecule has 184 valence electrons. The van der Waals surface area contributed by atoms with E-state index < -0.39 is 0 Å². The van der Waals surface area contributed by atoms with Crippen molar-refractivity contribution in [3.63, 3.8) is 0 Å². The third-order valence-corrected chi connectivity index (χ3v) is 8.32. The van der Waals surface area contributed by atoms with Crippen LogP contribution < -0.4 is 9.80 Å². The maximum absolute atomic E-state index is 4.99. The van der Waals surface area contributed by atoms with E-state index in [1.54, 1.807) is 0 Å². The summed E-state index contributed by atoms with van der Waals surface area (Å²) in [4.78, 5) is 12.4. The van der Waals surface area contributed by atoms with E-state index in [0.29, 0.717) is 6.04 Å². The van der Waals surface area contributed by atoms with Gasteiger partial charge < -0.3 is 14.7 Å². The summed E-state index contributed by atoms with van der Waals surface area (Å²) in [6.07, 6.45) is 9.40. The van der Waals surface area contributed by atoms with Crippen LogP contribution in [0.5, 0.6) is 0 Å². The Morgan fingerprint density at radius 1 is 0.971 bits per heavy atom. The number of hydrogen-bond acceptors (Lipinski definition) is 5. The Kier molecular flexibility index (Phi) is 6.01. The van der Waals surface area contributed by atoms with Crippen molar-refractivity contribution in [2.45, 2.75) is 58.7 Å². The second-order valence-electron chi connectivity index (χ2n) is 11.0. The number of piperazine rings is 1. The lowest BCUT2D eigenvalue weighted by molar-refractivity contribution is 0.266. The molecule has 1 aliphatic carbocycles. The Bertz CT molecular complexity index is 1190. The first kappa shape index (κ1) is 22.6. The van der Waals surface area contributed by atoms with E-state index >= 15 is 0 Å². The van der Waals surface area contributed by atoms with Gasteiger partial charge in [-0.05, 0) is 74.9 Å². The summed E-state index contributed by atoms with van der Waals surface area (Å²) in [5.41, 5.74) is 7.79. The highest BCUT2D eigenvalue weighted by Crippen LogP contribution is 2.33. The van der Waals surface area contributed by atoms with Crippen molar-refractivity contribution in [3.05, 3.63) is 59.5 Å². The molecule has 0 bridgehead atoms. The van der Waals surface area contributed by atoms with Crippen LogP contribution in [-0.2, 0) is 19.5 Å². The van der Waals surface area contributed by atoms with E-state index in [4.69, 9.17) is 4.98 Å². The number of anilines is 2. The summed E-state index contributed by atoms with van der Waals surface area (Å²) in [6, 6.07) is 12.0. The van der Waals surface area contributed by atoms with Gasteiger partial charge in [0.1, 0.15) is 5.82 Å². The molecule has 6 nitrogen and oxygen atoms in total. The standard InChI is InChI=1S/C29H38N6/c1-21-13-28(33-11-9-32(3)10-12-33)16-29(31-21)35-20-26-15-25(8-7-24(26)14-22(35)2)27-17-30-34(19-27)18-23-5-4-6-23/h7-8,13,15-17,19,22-23H,4-6,9-12,14,18,20H2,1-3H3. The van der Waals surface area contributed by atoms with Crippen LogP contribution in [0.3, 0.4) is 0 Å². The van der Waals surface area contributed by atoms with Gasteiger partial charge in [-0.3, -0.25) is 4.68 Å². The molecule has 1 saturated heterocycles. The number of rotatable bonds is 5. The van der Waals surface area contributed by atoms with Crippen LogP contribution in [0.25, 0.3) is 11.1 Å². The third-order valence-electron chi connectivity index (χ3n) is 8.32. The molecular weight excluding hydrogens is 432 g/mol. The minimum absolute atomic E-state index is 0.424. The average Bonchev–Trinajstić information content (AvgIpc) is 3.30. The lowest BCUT2D eigenvalue weighted by Gasteiger charge is -2.38. The van der Waals surface area contributed by atoms with Gasteiger partial charge in [-0.25, -0.2) is 4.98 Å². The van der Waals surface area contributed by atoms with Crippen LogP contribution in [-0.4, -0.2) is 58.9 Å². The molecule has 1 unspecified atom stereocenters. The lowest BCUT2D eigenvalue weighted by Crippen LogP contribution is -2.44. The van der Waals surface area contributed by atoms with Gasteiger partial charge in [-0.2, -0.15) is 5.10 Å². The van der Waals surface area contributed by atoms with E-state index in [9.17, 15) is 0 Å². The fraction of sp³-hybridized carbons (Fsp3) is 0.517. The van der Waals surface area contributed by atoms with Crippen LogP contribution in [0.15, 0.2) is 42.7 Å². The fourth-order valence-corrected chi connectivity index (χ4v) is 5.81. The molecule has 1 atom stereocenters. The van der Waals surface area contributed by atoms with Gasteiger partial charge in [0.15, 0.2) is 0 Å². The number of aromatic nitrogens is 3. The van der Waals surface area contributed by atoms with Crippen LogP contribution in [0.4, 0.5) is 11.5 Å². The average molecular weight is 471 g/mol. The highest BCUT2D eigenvalue weighted by Gasteiger charge is 2.26. The van der Waals surface area contributed by atoms with E-state index in [0.717, 1.165) is 63.1 Å². The molecule has 2 aliphatic heterocycles. The number of nitrogens with zero attached hydrogens (tertiary/aromatic N) is 6. The SMILES string of the molecule is Cc1cc(N2CCN(C)CC2)cc(N2Cc3cc(-c4cnn(CC5CCC5)c4)ccc3CC2C)n1. The summed E-state index contributed by atoms with van der Waals surface area (Å²) in [7, 11) is 2.21. The number of benzene rings is 1. The first-order valence-corrected chi connectivity index (χ1v) is 13.4. The van der Waals surface area contributed by atoms with Crippen molar-refractivity contribution in [1.82, 2.24) is 19.7 Å². The predicted octanol–water partition coefficient (Wildman–Crippen LogP) is 4.76. The minimum Gasteiger partial charge on any atom is -0.369 e. The molecule has 0 amide bonds. The Morgan fingerprint density at radius 2 is 1.80 bits per heavy atom. The molecular formula is C29H38N6. The third kappa shape index (κ3) is 4.68. The summed E-state index contributed by atoms with van der Waals surface area (Å²) >= 11 is 0. The van der Waals surface area contributed by atoms with E-state index in [1.165, 1.54) is 47.2 Å². The molecule has 1 aromatic carbocycles. The molecule has 2 aromatic heterocycles. The molecule has 4 heterocycles. The van der Waals surface area contributed by atoms with Gasteiger partial charge >= 0.3 is 0 Å². The normalized spacial score (nSPS) is 21.2. The molecule has 3 aromatic rings. The van der Waals surface area contributed by atoms with Crippen LogP contribution >= 0.6 is 0 Å². The van der Waals surface area contributed by atoms with Crippen molar-refractivity contribution in [1.29, 1.82) is 0 Å². The Labute approximate surface area is 209 Å². The van der Waals surface area contributed by atoms with Gasteiger partial charge in [0, 0.05) is 74.5 Å². The lowest BCUT2D eigenvalue weighted by atomic mass is 9.85. The highest BCUT2D eigenvalue weighted by molar-refractivity contribution is 5.65. The number of fused-ring (bicyclic) bond motifs is 1. The zero-order valence-electron chi connectivity index (χ0n) is 21.5. The second kappa shape index (κ2) is 9.30. The smallest absolute Gasteiger partial charge is 0.131 e. The zero-order valence-corrected chi connectivity index (χ0v) is 21.5. The fourth-order valence-electron chi connectivity index (χ4n) is 5.81. The molecule has 0 N–H and O–H groups in total. The quantitative estimate of drug-likeness (QED) is 0.538. The zero-order chi connectivity index (χ0) is 23.9. The maximum Gasteiger partial charge on any atom is 0.131 e. The van der Waals surface area contributed by atoms with Gasteiger partial charge in [-0.15, -0.1) is 0 Å². The monoisotopic (exact) mass is 470 g/mol. The van der Waals surface area contributed by atoms with Crippen LogP contribution in [0.1, 0.15) is 43.0 Å². The summed E-state index contributed by atoms with van der Waals surface area (Å²) in [5.74, 6) is 1.93. The van der Waals surface area contributed by atoms with Crippen molar-refractivity contribution in [3.8, 4) is 11.1 Å². The molecule has 6 heteroatoms. The Morgan fingerprint density at radius 3 is 2.57 bits per heavy atom. The first-order chi connectivity index (χ1) is 17.0. The van der Waals surface area contributed by atoms with Crippen molar-refractivity contribution in [2.75, 3.05) is 43.0 Å². The topological polar surface area (TPSA) is 40.4 Å². The van der Waals surface area contributed by atoms with E-state index in [1.807, 2.05) is 6.20 Å². The van der Waals surface area contributed by atoms with Crippen molar-refractivity contribution < 1.29 is 0 Å². The molecule has 0 radical (unpaired) electrons. The number of aryl methyl sites for hydroxylation is 1. The Hall–Kier alpha value is -2.86. The second-order valence-corrected chi connectivity index (χ2v) is 11.0. The van der Waals surface area contributed by atoms with Crippen LogP contribution in [0.2, 0.25) is 0 Å². The molecule has 35 heavy (non-hydrogen) atoms. The molecule has 3 aliphatic rings. The van der Waals surface area contributed by atoms with Gasteiger partial charge in [0.05, 0.1) is 6.20 Å². The van der Waals surface area contributed by atoms with E-state index in [-0.39, 0.29) is 0 Å². The minimum atomic E-state index is 0.424. The number of likely N-dealkylation sites (N-methyl/N-ethyl adjacent to an activating group) is 1. The number of pyridine rings is 1. The summed E-state index contributed by atoms with van der Waals surface area (Å²) in [5, 5.41) is 4.66. The predicted molar refractivity (Wildman–Crippen MR) is 143 cm³/mol. The van der Waals surface area contributed by atoms with Gasteiger partial charge in [0.25, 0.3) is 0 Å². The summed E-state index contributed by atoms with van der Waals surface area (Å²) < 4.78 is 2.14. The number of hydrogen-bond donors (Lipinski definition) is 0. The molecule has 1 saturated carbocycles. The largest absolute Gasteiger partial charge is 0.369 e. The van der Waals surface area contributed by atoms with E-state index in [2.05, 4.69) is 81.9 Å². The van der Waals surface area contributed by atoms with Crippen molar-refractivity contribution >= 4 is 11.5 Å². The first-order valence-electron chi connectivity index (χ1n) is 13.4. The molecule has 6 rings (SSSR count). The van der Waals surface area contributed by atoms with Gasteiger partial charge in [-0.1, -0.05) is 18.6 Å². The van der Waals surface area contributed by atoms with Crippen LogP contribution in [0, 0.1) is 12.8 Å².